The molecule has 1 nitrogen and oxygen atoms in total. The van der Waals surface area contributed by atoms with Gasteiger partial charge in [-0.15, -0.1) is 0 Å². The Hall–Kier alpha value is -0.0400. The summed E-state index contributed by atoms with van der Waals surface area (Å²) in [6, 6.07) is 0.733. The molecule has 0 radical (unpaired) electrons. The van der Waals surface area contributed by atoms with Gasteiger partial charge in [-0.25, -0.2) is 0 Å². The van der Waals surface area contributed by atoms with Gasteiger partial charge in [0.2, 0.25) is 0 Å². The van der Waals surface area contributed by atoms with Crippen molar-refractivity contribution in [1.29, 1.82) is 0 Å². The van der Waals surface area contributed by atoms with Crippen molar-refractivity contribution in [1.82, 2.24) is 4.90 Å². The van der Waals surface area contributed by atoms with E-state index in [0.717, 1.165) is 6.04 Å². The van der Waals surface area contributed by atoms with Crippen molar-refractivity contribution in [2.45, 2.75) is 53.0 Å². The highest BCUT2D eigenvalue weighted by Crippen LogP contribution is 2.33. The molecule has 1 aliphatic rings. The summed E-state index contributed by atoms with van der Waals surface area (Å²) in [4.78, 5) is 2.62. The Morgan fingerprint density at radius 3 is 2.58 bits per heavy atom. The van der Waals surface area contributed by atoms with Gasteiger partial charge in [-0.3, -0.25) is 0 Å². The molecule has 0 spiro atoms. The van der Waals surface area contributed by atoms with E-state index in [1.807, 2.05) is 0 Å². The smallest absolute Gasteiger partial charge is 0.00388 e. The Balaban J connectivity index is 2.51. The first-order valence-corrected chi connectivity index (χ1v) is 5.31. The predicted octanol–water partition coefficient (Wildman–Crippen LogP) is 2.91. The summed E-state index contributed by atoms with van der Waals surface area (Å²) >= 11 is 0. The average Bonchev–Trinajstić information content (AvgIpc) is 2.05. The second-order valence-corrected chi connectivity index (χ2v) is 4.83. The molecule has 1 rings (SSSR count). The lowest BCUT2D eigenvalue weighted by molar-refractivity contribution is 0.0758. The van der Waals surface area contributed by atoms with Crippen LogP contribution in [0.15, 0.2) is 0 Å². The fourth-order valence-corrected chi connectivity index (χ4v) is 2.09. The first-order chi connectivity index (χ1) is 5.57. The highest BCUT2D eigenvalue weighted by atomic mass is 15.2. The monoisotopic (exact) mass is 169 g/mol. The highest BCUT2D eigenvalue weighted by molar-refractivity contribution is 4.83. The van der Waals surface area contributed by atoms with Crippen molar-refractivity contribution < 1.29 is 0 Å². The third kappa shape index (κ3) is 2.22. The van der Waals surface area contributed by atoms with E-state index in [9.17, 15) is 0 Å². The molecule has 0 aromatic rings. The molecule has 0 aliphatic carbocycles. The number of hydrogen-bond donors (Lipinski definition) is 0. The van der Waals surface area contributed by atoms with Gasteiger partial charge in [-0.05, 0) is 45.1 Å². The van der Waals surface area contributed by atoms with Gasteiger partial charge in [0.1, 0.15) is 0 Å². The van der Waals surface area contributed by atoms with Crippen LogP contribution in [0.5, 0.6) is 0 Å². The number of rotatable bonds is 2. The third-order valence-corrected chi connectivity index (χ3v) is 3.39. The zero-order valence-corrected chi connectivity index (χ0v) is 9.06. The maximum Gasteiger partial charge on any atom is 0.00388 e. The van der Waals surface area contributed by atoms with Crippen LogP contribution >= 0.6 is 0 Å². The summed E-state index contributed by atoms with van der Waals surface area (Å²) in [5, 5.41) is 0. The fourth-order valence-electron chi connectivity index (χ4n) is 2.09. The normalized spacial score (nSPS) is 32.8. The van der Waals surface area contributed by atoms with Crippen molar-refractivity contribution in [3.05, 3.63) is 0 Å². The lowest BCUT2D eigenvalue weighted by atomic mass is 9.79. The van der Waals surface area contributed by atoms with Gasteiger partial charge < -0.3 is 4.90 Å². The van der Waals surface area contributed by atoms with Gasteiger partial charge >= 0.3 is 0 Å². The van der Waals surface area contributed by atoms with E-state index in [0.29, 0.717) is 5.41 Å². The van der Waals surface area contributed by atoms with Crippen LogP contribution in [0, 0.1) is 5.41 Å². The van der Waals surface area contributed by atoms with Gasteiger partial charge in [0.05, 0.1) is 0 Å². The van der Waals surface area contributed by atoms with E-state index in [1.165, 1.54) is 32.4 Å². The maximum absolute atomic E-state index is 2.62. The average molecular weight is 169 g/mol. The second kappa shape index (κ2) is 3.78. The molecule has 72 valence electrons. The SMILES string of the molecule is CCC1(C)CCCN(C(C)C)C1. The quantitative estimate of drug-likeness (QED) is 0.614. The van der Waals surface area contributed by atoms with E-state index < -0.39 is 0 Å². The van der Waals surface area contributed by atoms with Gasteiger partial charge in [-0.1, -0.05) is 13.8 Å². The molecule has 0 aromatic heterocycles. The van der Waals surface area contributed by atoms with Crippen LogP contribution in [0.4, 0.5) is 0 Å². The zero-order valence-electron chi connectivity index (χ0n) is 9.06. The van der Waals surface area contributed by atoms with Crippen LogP contribution < -0.4 is 0 Å². The molecule has 1 heteroatoms. The van der Waals surface area contributed by atoms with Crippen LogP contribution in [-0.2, 0) is 0 Å². The Morgan fingerprint density at radius 2 is 2.08 bits per heavy atom. The molecule has 12 heavy (non-hydrogen) atoms. The first kappa shape index (κ1) is 10.0. The van der Waals surface area contributed by atoms with Crippen LogP contribution in [0.2, 0.25) is 0 Å². The third-order valence-electron chi connectivity index (χ3n) is 3.39. The lowest BCUT2D eigenvalue weighted by Crippen LogP contribution is -2.44. The molecular formula is C11H23N. The van der Waals surface area contributed by atoms with E-state index in [1.54, 1.807) is 0 Å². The molecule has 1 unspecified atom stereocenters. The van der Waals surface area contributed by atoms with Crippen molar-refractivity contribution in [2.24, 2.45) is 5.41 Å². The summed E-state index contributed by atoms with van der Waals surface area (Å²) in [6.07, 6.45) is 4.14. The maximum atomic E-state index is 2.62. The molecule has 0 N–H and O–H groups in total. The Morgan fingerprint density at radius 1 is 1.42 bits per heavy atom. The van der Waals surface area contributed by atoms with Crippen LogP contribution in [0.1, 0.15) is 47.0 Å². The number of piperidine rings is 1. The van der Waals surface area contributed by atoms with Crippen LogP contribution in [0.25, 0.3) is 0 Å². The topological polar surface area (TPSA) is 3.24 Å². The summed E-state index contributed by atoms with van der Waals surface area (Å²) < 4.78 is 0. The summed E-state index contributed by atoms with van der Waals surface area (Å²) in [5.41, 5.74) is 0.600. The molecule has 1 aliphatic heterocycles. The molecule has 1 fully saturated rings. The van der Waals surface area contributed by atoms with E-state index in [-0.39, 0.29) is 0 Å². The Bertz CT molecular complexity index is 142. The van der Waals surface area contributed by atoms with E-state index in [2.05, 4.69) is 32.6 Å². The summed E-state index contributed by atoms with van der Waals surface area (Å²) in [5.74, 6) is 0. The Labute approximate surface area is 77.1 Å². The fraction of sp³-hybridized carbons (Fsp3) is 1.00. The minimum absolute atomic E-state index is 0.600. The second-order valence-electron chi connectivity index (χ2n) is 4.83. The van der Waals surface area contributed by atoms with Crippen molar-refractivity contribution >= 4 is 0 Å². The lowest BCUT2D eigenvalue weighted by Gasteiger charge is -2.42. The molecule has 1 heterocycles. The molecule has 0 bridgehead atoms. The highest BCUT2D eigenvalue weighted by Gasteiger charge is 2.29. The number of nitrogens with zero attached hydrogens (tertiary/aromatic N) is 1. The van der Waals surface area contributed by atoms with Crippen LogP contribution in [0.3, 0.4) is 0 Å². The number of hydrogen-bond acceptors (Lipinski definition) is 1. The largest absolute Gasteiger partial charge is 0.300 e. The van der Waals surface area contributed by atoms with Crippen molar-refractivity contribution in [3.8, 4) is 0 Å². The van der Waals surface area contributed by atoms with E-state index >= 15 is 0 Å². The minimum Gasteiger partial charge on any atom is -0.300 e. The van der Waals surface area contributed by atoms with Crippen LogP contribution in [-0.4, -0.2) is 24.0 Å². The minimum atomic E-state index is 0.600. The van der Waals surface area contributed by atoms with Gasteiger partial charge in [-0.2, -0.15) is 0 Å². The van der Waals surface area contributed by atoms with E-state index in [4.69, 9.17) is 0 Å². The predicted molar refractivity (Wildman–Crippen MR) is 54.3 cm³/mol. The Kier molecular flexibility index (Phi) is 3.16. The molecular weight excluding hydrogens is 146 g/mol. The summed E-state index contributed by atoms with van der Waals surface area (Å²) in [6.45, 7) is 12.0. The molecule has 0 saturated carbocycles. The first-order valence-electron chi connectivity index (χ1n) is 5.31. The van der Waals surface area contributed by atoms with Gasteiger partial charge in [0.15, 0.2) is 0 Å². The number of likely N-dealkylation sites (tertiary alicyclic amines) is 1. The van der Waals surface area contributed by atoms with Crippen molar-refractivity contribution in [3.63, 3.8) is 0 Å². The summed E-state index contributed by atoms with van der Waals surface area (Å²) in [7, 11) is 0. The van der Waals surface area contributed by atoms with Gasteiger partial charge in [0.25, 0.3) is 0 Å². The molecule has 1 saturated heterocycles. The molecule has 1 atom stereocenters. The zero-order chi connectivity index (χ0) is 9.19. The standard InChI is InChI=1S/C11H23N/c1-5-11(4)7-6-8-12(9-11)10(2)3/h10H,5-9H2,1-4H3. The van der Waals surface area contributed by atoms with Crippen molar-refractivity contribution in [2.75, 3.05) is 13.1 Å². The molecule has 0 aromatic carbocycles. The molecule has 0 amide bonds. The van der Waals surface area contributed by atoms with Gasteiger partial charge in [0, 0.05) is 12.6 Å².